The first-order valence-electron chi connectivity index (χ1n) is 9.15. The summed E-state index contributed by atoms with van der Waals surface area (Å²) in [4.78, 5) is 25.2. The van der Waals surface area contributed by atoms with Crippen LogP contribution < -0.4 is 10.6 Å². The van der Waals surface area contributed by atoms with Gasteiger partial charge in [0.05, 0.1) is 23.0 Å². The Hall–Kier alpha value is -3.18. The molecule has 0 spiro atoms. The topological polar surface area (TPSA) is 58.2 Å². The van der Waals surface area contributed by atoms with Crippen molar-refractivity contribution in [2.75, 3.05) is 0 Å². The van der Waals surface area contributed by atoms with Crippen molar-refractivity contribution in [2.45, 2.75) is 19.0 Å². The molecule has 0 fully saturated rings. The molecule has 0 saturated heterocycles. The van der Waals surface area contributed by atoms with Gasteiger partial charge in [0, 0.05) is 12.1 Å². The molecule has 0 bridgehead atoms. The minimum Gasteiger partial charge on any atom is -0.352 e. The van der Waals surface area contributed by atoms with E-state index in [0.29, 0.717) is 16.1 Å². The summed E-state index contributed by atoms with van der Waals surface area (Å²) in [5, 5.41) is 5.91. The van der Waals surface area contributed by atoms with Crippen molar-refractivity contribution in [3.05, 3.63) is 106 Å². The molecule has 29 heavy (non-hydrogen) atoms. The monoisotopic (exact) mass is 410 g/mol. The van der Waals surface area contributed by atoms with Gasteiger partial charge in [-0.3, -0.25) is 9.59 Å². The third-order valence-corrected chi connectivity index (χ3v) is 4.78. The van der Waals surface area contributed by atoms with Crippen LogP contribution in [0, 0.1) is 5.82 Å². The van der Waals surface area contributed by atoms with E-state index in [1.807, 2.05) is 30.3 Å². The van der Waals surface area contributed by atoms with E-state index < -0.39 is 6.04 Å². The molecule has 0 heterocycles. The van der Waals surface area contributed by atoms with Crippen molar-refractivity contribution in [3.63, 3.8) is 0 Å². The van der Waals surface area contributed by atoms with E-state index in [9.17, 15) is 14.0 Å². The number of nitrogens with one attached hydrogen (secondary N) is 2. The fourth-order valence-corrected chi connectivity index (χ4v) is 3.13. The summed E-state index contributed by atoms with van der Waals surface area (Å²) in [5.74, 6) is -1.05. The Bertz CT molecular complexity index is 995. The first-order chi connectivity index (χ1) is 14.0. The highest BCUT2D eigenvalue weighted by Crippen LogP contribution is 2.20. The van der Waals surface area contributed by atoms with Gasteiger partial charge in [0.1, 0.15) is 5.82 Å². The minimum absolute atomic E-state index is 0.00859. The Labute approximate surface area is 173 Å². The number of rotatable bonds is 7. The number of hydrogen-bond acceptors (Lipinski definition) is 2. The van der Waals surface area contributed by atoms with Crippen LogP contribution in [0.3, 0.4) is 0 Å². The van der Waals surface area contributed by atoms with Gasteiger partial charge in [0.2, 0.25) is 5.91 Å². The Kier molecular flexibility index (Phi) is 6.98. The van der Waals surface area contributed by atoms with Gasteiger partial charge in [-0.2, -0.15) is 0 Å². The second kappa shape index (κ2) is 9.85. The summed E-state index contributed by atoms with van der Waals surface area (Å²) in [7, 11) is 0. The molecule has 148 valence electrons. The highest BCUT2D eigenvalue weighted by Gasteiger charge is 2.20. The van der Waals surface area contributed by atoms with Gasteiger partial charge < -0.3 is 10.6 Å². The number of carbonyl (C=O) groups is 2. The number of carbonyl (C=O) groups excluding carboxylic acids is 2. The summed E-state index contributed by atoms with van der Waals surface area (Å²) < 4.78 is 13.7. The van der Waals surface area contributed by atoms with E-state index in [-0.39, 0.29) is 30.6 Å². The van der Waals surface area contributed by atoms with Gasteiger partial charge in [0.25, 0.3) is 5.91 Å². The Morgan fingerprint density at radius 3 is 2.28 bits per heavy atom. The normalized spacial score (nSPS) is 11.5. The lowest BCUT2D eigenvalue weighted by Gasteiger charge is -2.19. The van der Waals surface area contributed by atoms with Crippen molar-refractivity contribution >= 4 is 23.4 Å². The van der Waals surface area contributed by atoms with Gasteiger partial charge in [0.15, 0.2) is 0 Å². The van der Waals surface area contributed by atoms with Crippen molar-refractivity contribution in [1.82, 2.24) is 10.6 Å². The zero-order chi connectivity index (χ0) is 20.6. The average Bonchev–Trinajstić information content (AvgIpc) is 2.73. The average molecular weight is 411 g/mol. The molecule has 0 aromatic heterocycles. The van der Waals surface area contributed by atoms with Crippen LogP contribution in [0.1, 0.15) is 33.9 Å². The van der Waals surface area contributed by atoms with Gasteiger partial charge in [-0.05, 0) is 23.8 Å². The second-order valence-electron chi connectivity index (χ2n) is 6.49. The molecule has 0 radical (unpaired) electrons. The van der Waals surface area contributed by atoms with Crippen molar-refractivity contribution < 1.29 is 14.0 Å². The maximum atomic E-state index is 13.7. The molecule has 3 aromatic rings. The standard InChI is InChI=1S/C23H20ClFN2O2/c24-19-12-6-5-11-18(19)23(29)27-21(16-8-2-1-3-9-16)14-22(28)26-15-17-10-4-7-13-20(17)25/h1-13,21H,14-15H2,(H,26,28)(H,27,29). The molecule has 3 rings (SSSR count). The number of halogens is 2. The van der Waals surface area contributed by atoms with Crippen LogP contribution in [-0.4, -0.2) is 11.8 Å². The summed E-state index contributed by atoms with van der Waals surface area (Å²) in [6, 6.07) is 21.6. The molecular weight excluding hydrogens is 391 g/mol. The lowest BCUT2D eigenvalue weighted by Crippen LogP contribution is -2.33. The highest BCUT2D eigenvalue weighted by molar-refractivity contribution is 6.33. The molecule has 2 amide bonds. The van der Waals surface area contributed by atoms with Crippen LogP contribution in [0.25, 0.3) is 0 Å². The largest absolute Gasteiger partial charge is 0.352 e. The molecule has 0 saturated carbocycles. The first-order valence-corrected chi connectivity index (χ1v) is 9.53. The summed E-state index contributed by atoms with van der Waals surface area (Å²) in [6.07, 6.45) is 0.00859. The van der Waals surface area contributed by atoms with Crippen LogP contribution >= 0.6 is 11.6 Å². The van der Waals surface area contributed by atoms with E-state index in [0.717, 1.165) is 5.56 Å². The van der Waals surface area contributed by atoms with Crippen LogP contribution in [0.4, 0.5) is 4.39 Å². The van der Waals surface area contributed by atoms with Gasteiger partial charge in [-0.15, -0.1) is 0 Å². The molecule has 2 N–H and O–H groups in total. The zero-order valence-corrected chi connectivity index (χ0v) is 16.3. The number of hydrogen-bond donors (Lipinski definition) is 2. The molecule has 4 nitrogen and oxygen atoms in total. The smallest absolute Gasteiger partial charge is 0.253 e. The molecule has 1 atom stereocenters. The summed E-state index contributed by atoms with van der Waals surface area (Å²) >= 11 is 6.11. The van der Waals surface area contributed by atoms with Crippen molar-refractivity contribution in [3.8, 4) is 0 Å². The molecular formula is C23H20ClFN2O2. The summed E-state index contributed by atoms with van der Waals surface area (Å²) in [6.45, 7) is 0.0749. The Morgan fingerprint density at radius 2 is 1.55 bits per heavy atom. The molecule has 0 aliphatic carbocycles. The van der Waals surface area contributed by atoms with E-state index in [2.05, 4.69) is 10.6 Å². The van der Waals surface area contributed by atoms with Gasteiger partial charge in [-0.1, -0.05) is 72.3 Å². The van der Waals surface area contributed by atoms with Crippen molar-refractivity contribution in [2.24, 2.45) is 0 Å². The van der Waals surface area contributed by atoms with Crippen LogP contribution in [-0.2, 0) is 11.3 Å². The minimum atomic E-state index is -0.555. The SMILES string of the molecule is O=C(CC(NC(=O)c1ccccc1Cl)c1ccccc1)NCc1ccccc1F. The lowest BCUT2D eigenvalue weighted by molar-refractivity contribution is -0.121. The zero-order valence-electron chi connectivity index (χ0n) is 15.6. The fraction of sp³-hybridized carbons (Fsp3) is 0.130. The van der Waals surface area contributed by atoms with Crippen LogP contribution in [0.15, 0.2) is 78.9 Å². The summed E-state index contributed by atoms with van der Waals surface area (Å²) in [5.41, 5.74) is 1.52. The molecule has 3 aromatic carbocycles. The molecule has 1 unspecified atom stereocenters. The van der Waals surface area contributed by atoms with Crippen molar-refractivity contribution in [1.29, 1.82) is 0 Å². The van der Waals surface area contributed by atoms with E-state index in [1.54, 1.807) is 42.5 Å². The van der Waals surface area contributed by atoms with Gasteiger partial charge >= 0.3 is 0 Å². The van der Waals surface area contributed by atoms with E-state index >= 15 is 0 Å². The third kappa shape index (κ3) is 5.65. The first kappa shape index (κ1) is 20.6. The lowest BCUT2D eigenvalue weighted by atomic mass is 10.0. The Balaban J connectivity index is 1.71. The quantitative estimate of drug-likeness (QED) is 0.595. The fourth-order valence-electron chi connectivity index (χ4n) is 2.91. The third-order valence-electron chi connectivity index (χ3n) is 4.45. The van der Waals surface area contributed by atoms with E-state index in [4.69, 9.17) is 11.6 Å². The molecule has 6 heteroatoms. The number of benzene rings is 3. The molecule has 0 aliphatic heterocycles. The van der Waals surface area contributed by atoms with Crippen LogP contribution in [0.5, 0.6) is 0 Å². The van der Waals surface area contributed by atoms with Gasteiger partial charge in [-0.25, -0.2) is 4.39 Å². The number of amides is 2. The van der Waals surface area contributed by atoms with Crippen LogP contribution in [0.2, 0.25) is 5.02 Å². The maximum absolute atomic E-state index is 13.7. The maximum Gasteiger partial charge on any atom is 0.253 e. The highest BCUT2D eigenvalue weighted by atomic mass is 35.5. The predicted molar refractivity (Wildman–Crippen MR) is 111 cm³/mol. The van der Waals surface area contributed by atoms with E-state index in [1.165, 1.54) is 6.07 Å². The molecule has 0 aliphatic rings. The predicted octanol–water partition coefficient (Wildman–Crippen LogP) is 4.66. The second-order valence-corrected chi connectivity index (χ2v) is 6.90. The Morgan fingerprint density at radius 1 is 0.897 bits per heavy atom.